The monoisotopic (exact) mass is 466 g/mol. The fraction of sp³-hybridized carbons (Fsp3) is 0.250. The van der Waals surface area contributed by atoms with Crippen LogP contribution in [-0.4, -0.2) is 42.6 Å². The zero-order chi connectivity index (χ0) is 24.4. The number of nitrogens with zero attached hydrogens (tertiary/aromatic N) is 3. The predicted molar refractivity (Wildman–Crippen MR) is 133 cm³/mol. The maximum Gasteiger partial charge on any atom is 0.329 e. The Morgan fingerprint density at radius 3 is 2.43 bits per heavy atom. The van der Waals surface area contributed by atoms with E-state index in [2.05, 4.69) is 40.6 Å². The topological polar surface area (TPSA) is 85.7 Å². The first kappa shape index (κ1) is 22.6. The third-order valence-electron chi connectivity index (χ3n) is 6.87. The Morgan fingerprint density at radius 2 is 1.71 bits per heavy atom. The minimum atomic E-state index is -0.855. The lowest BCUT2D eigenvalue weighted by atomic mass is 9.87. The number of nitriles is 1. The van der Waals surface area contributed by atoms with E-state index in [1.165, 1.54) is 10.5 Å². The van der Waals surface area contributed by atoms with Gasteiger partial charge in [0.15, 0.2) is 0 Å². The van der Waals surface area contributed by atoms with Crippen LogP contribution in [0.5, 0.6) is 5.75 Å². The van der Waals surface area contributed by atoms with Gasteiger partial charge in [-0.05, 0) is 53.8 Å². The molecule has 0 saturated carbocycles. The van der Waals surface area contributed by atoms with Crippen LogP contribution in [0.3, 0.4) is 0 Å². The van der Waals surface area contributed by atoms with Crippen LogP contribution in [-0.2, 0) is 11.3 Å². The first-order valence-corrected chi connectivity index (χ1v) is 11.6. The first-order chi connectivity index (χ1) is 17.0. The first-order valence-electron chi connectivity index (χ1n) is 11.6. The Hall–Kier alpha value is -4.15. The van der Waals surface area contributed by atoms with Gasteiger partial charge in [-0.3, -0.25) is 9.69 Å². The van der Waals surface area contributed by atoms with Crippen LogP contribution in [0.4, 0.5) is 10.5 Å². The van der Waals surface area contributed by atoms with Crippen LogP contribution in [0, 0.1) is 11.3 Å². The van der Waals surface area contributed by atoms with Crippen molar-refractivity contribution in [3.05, 3.63) is 83.9 Å². The minimum absolute atomic E-state index is 0.195. The number of likely N-dealkylation sites (tertiary alicyclic amines) is 1. The van der Waals surface area contributed by atoms with Crippen LogP contribution in [0.1, 0.15) is 24.0 Å². The molecule has 2 aliphatic rings. The van der Waals surface area contributed by atoms with Crippen molar-refractivity contribution in [1.29, 1.82) is 5.26 Å². The van der Waals surface area contributed by atoms with Gasteiger partial charge < -0.3 is 10.1 Å². The highest BCUT2D eigenvalue weighted by atomic mass is 16.5. The van der Waals surface area contributed by atoms with Gasteiger partial charge >= 0.3 is 6.03 Å². The maximum atomic E-state index is 13.3. The van der Waals surface area contributed by atoms with E-state index in [4.69, 9.17) is 10.00 Å². The Morgan fingerprint density at radius 1 is 0.971 bits per heavy atom. The molecule has 7 nitrogen and oxygen atoms in total. The SMILES string of the molecule is COc1cccc(N2C(=O)NC3(CCN(Cc4ccc(-c5cccc(C#N)c5)cc4)CC3)C2=O)c1. The molecule has 7 heteroatoms. The minimum Gasteiger partial charge on any atom is -0.497 e. The summed E-state index contributed by atoms with van der Waals surface area (Å²) >= 11 is 0. The smallest absolute Gasteiger partial charge is 0.329 e. The van der Waals surface area contributed by atoms with Crippen molar-refractivity contribution in [3.8, 4) is 22.9 Å². The largest absolute Gasteiger partial charge is 0.497 e. The van der Waals surface area contributed by atoms with Crippen molar-refractivity contribution in [2.75, 3.05) is 25.1 Å². The van der Waals surface area contributed by atoms with Crippen molar-refractivity contribution in [1.82, 2.24) is 10.2 Å². The number of methoxy groups -OCH3 is 1. The summed E-state index contributed by atoms with van der Waals surface area (Å²) in [6, 6.07) is 24.7. The number of hydrogen-bond acceptors (Lipinski definition) is 5. The van der Waals surface area contributed by atoms with Gasteiger partial charge in [0.25, 0.3) is 5.91 Å². The highest BCUT2D eigenvalue weighted by molar-refractivity contribution is 6.23. The second kappa shape index (κ2) is 9.24. The van der Waals surface area contributed by atoms with Crippen LogP contribution in [0.15, 0.2) is 72.8 Å². The molecule has 2 heterocycles. The van der Waals surface area contributed by atoms with E-state index in [9.17, 15) is 9.59 Å². The number of rotatable bonds is 5. The summed E-state index contributed by atoms with van der Waals surface area (Å²) < 4.78 is 5.25. The number of carbonyl (C=O) groups excluding carboxylic acids is 2. The fourth-order valence-electron chi connectivity index (χ4n) is 4.87. The molecule has 176 valence electrons. The third kappa shape index (κ3) is 4.36. The van der Waals surface area contributed by atoms with Crippen LogP contribution < -0.4 is 15.0 Å². The van der Waals surface area contributed by atoms with Gasteiger partial charge in [0.1, 0.15) is 11.3 Å². The number of ether oxygens (including phenoxy) is 1. The number of hydrogen-bond donors (Lipinski definition) is 1. The molecule has 3 aromatic rings. The molecule has 3 aromatic carbocycles. The number of nitrogens with one attached hydrogen (secondary N) is 1. The summed E-state index contributed by atoms with van der Waals surface area (Å²) in [5, 5.41) is 12.1. The Balaban J connectivity index is 1.23. The highest BCUT2D eigenvalue weighted by Gasteiger charge is 2.52. The van der Waals surface area contributed by atoms with E-state index in [0.717, 1.165) is 17.7 Å². The average Bonchev–Trinajstić information content (AvgIpc) is 3.14. The van der Waals surface area contributed by atoms with Gasteiger partial charge in [-0.25, -0.2) is 9.69 Å². The summed E-state index contributed by atoms with van der Waals surface area (Å²) in [6.07, 6.45) is 1.13. The average molecular weight is 467 g/mol. The summed E-state index contributed by atoms with van der Waals surface area (Å²) in [6.45, 7) is 2.20. The van der Waals surface area contributed by atoms with E-state index in [-0.39, 0.29) is 11.9 Å². The molecule has 35 heavy (non-hydrogen) atoms. The predicted octanol–water partition coefficient (Wildman–Crippen LogP) is 4.32. The van der Waals surface area contributed by atoms with Gasteiger partial charge in [-0.2, -0.15) is 5.26 Å². The second-order valence-corrected chi connectivity index (χ2v) is 9.02. The van der Waals surface area contributed by atoms with Gasteiger partial charge in [-0.1, -0.05) is 42.5 Å². The van der Waals surface area contributed by atoms with Gasteiger partial charge in [0.2, 0.25) is 0 Å². The zero-order valence-electron chi connectivity index (χ0n) is 19.5. The van der Waals surface area contributed by atoms with Crippen LogP contribution in [0.25, 0.3) is 11.1 Å². The van der Waals surface area contributed by atoms with Gasteiger partial charge in [0, 0.05) is 25.7 Å². The van der Waals surface area contributed by atoms with Crippen LogP contribution in [0.2, 0.25) is 0 Å². The lowest BCUT2D eigenvalue weighted by molar-refractivity contribution is -0.123. The number of imide groups is 1. The number of urea groups is 1. The molecule has 1 N–H and O–H groups in total. The molecule has 0 aliphatic carbocycles. The molecule has 0 unspecified atom stereocenters. The van der Waals surface area contributed by atoms with Gasteiger partial charge in [0.05, 0.1) is 24.4 Å². The Bertz CT molecular complexity index is 1300. The zero-order valence-corrected chi connectivity index (χ0v) is 19.5. The molecule has 2 fully saturated rings. The Labute approximate surface area is 204 Å². The molecular formula is C28H26N4O3. The Kier molecular flexibility index (Phi) is 5.98. The molecule has 5 rings (SSSR count). The molecule has 3 amide bonds. The third-order valence-corrected chi connectivity index (χ3v) is 6.87. The van der Waals surface area contributed by atoms with E-state index in [1.807, 2.05) is 18.2 Å². The summed E-state index contributed by atoms with van der Waals surface area (Å²) in [4.78, 5) is 29.6. The number of carbonyl (C=O) groups is 2. The normalized spacial score (nSPS) is 17.3. The van der Waals surface area contributed by atoms with Crippen molar-refractivity contribution in [3.63, 3.8) is 0 Å². The lowest BCUT2D eigenvalue weighted by Gasteiger charge is -2.37. The molecule has 0 aromatic heterocycles. The van der Waals surface area contributed by atoms with Crippen molar-refractivity contribution in [2.24, 2.45) is 0 Å². The number of anilines is 1. The standard InChI is InChI=1S/C28H26N4O3/c1-35-25-7-3-6-24(17-25)32-26(33)28(30-27(32)34)12-14-31(15-13-28)19-20-8-10-22(11-9-20)23-5-2-4-21(16-23)18-29/h2-11,16-17H,12-15,19H2,1H3,(H,30,34). The number of piperidine rings is 1. The van der Waals surface area contributed by atoms with Crippen molar-refractivity contribution in [2.45, 2.75) is 24.9 Å². The van der Waals surface area contributed by atoms with Gasteiger partial charge in [-0.15, -0.1) is 0 Å². The van der Waals surface area contributed by atoms with E-state index < -0.39 is 5.54 Å². The van der Waals surface area contributed by atoms with Crippen molar-refractivity contribution < 1.29 is 14.3 Å². The lowest BCUT2D eigenvalue weighted by Crippen LogP contribution is -2.54. The molecule has 0 atom stereocenters. The molecule has 1 spiro atoms. The number of amides is 3. The molecule has 2 saturated heterocycles. The fourth-order valence-corrected chi connectivity index (χ4v) is 4.87. The number of benzene rings is 3. The maximum absolute atomic E-state index is 13.3. The molecule has 2 aliphatic heterocycles. The molecule has 0 radical (unpaired) electrons. The summed E-state index contributed by atoms with van der Waals surface area (Å²) in [5.74, 6) is 0.405. The summed E-state index contributed by atoms with van der Waals surface area (Å²) in [7, 11) is 1.56. The molecular weight excluding hydrogens is 440 g/mol. The summed E-state index contributed by atoms with van der Waals surface area (Å²) in [5.41, 5.74) is 3.58. The van der Waals surface area contributed by atoms with E-state index in [1.54, 1.807) is 37.4 Å². The molecule has 0 bridgehead atoms. The van der Waals surface area contributed by atoms with Crippen LogP contribution >= 0.6 is 0 Å². The van der Waals surface area contributed by atoms with E-state index >= 15 is 0 Å². The highest BCUT2D eigenvalue weighted by Crippen LogP contribution is 2.34. The van der Waals surface area contributed by atoms with E-state index in [0.29, 0.717) is 42.9 Å². The quantitative estimate of drug-likeness (QED) is 0.566. The van der Waals surface area contributed by atoms with Crippen molar-refractivity contribution >= 4 is 17.6 Å². The second-order valence-electron chi connectivity index (χ2n) is 9.02.